The molecule has 3 aliphatic carbocycles. The number of aryl methyl sites for hydroxylation is 1. The molecule has 5 rings (SSSR count). The smallest absolute Gasteiger partial charge is 0.262 e. The Labute approximate surface area is 203 Å². The molecule has 0 spiro atoms. The van der Waals surface area contributed by atoms with Gasteiger partial charge < -0.3 is 16.0 Å². The van der Waals surface area contributed by atoms with Gasteiger partial charge in [-0.3, -0.25) is 14.6 Å². The van der Waals surface area contributed by atoms with E-state index in [0.717, 1.165) is 47.4 Å². The zero-order chi connectivity index (χ0) is 23.1. The van der Waals surface area contributed by atoms with Crippen LogP contribution >= 0.6 is 22.9 Å². The molecule has 0 aliphatic heterocycles. The van der Waals surface area contributed by atoms with Gasteiger partial charge in [-0.15, -0.1) is 11.3 Å². The maximum Gasteiger partial charge on any atom is 0.262 e. The summed E-state index contributed by atoms with van der Waals surface area (Å²) >= 11 is 7.54. The van der Waals surface area contributed by atoms with E-state index in [4.69, 9.17) is 11.6 Å². The number of hydrogen-bond donors (Lipinski definition) is 3. The number of aromatic nitrogens is 1. The molecule has 0 bridgehead atoms. The maximum atomic E-state index is 13.1. The summed E-state index contributed by atoms with van der Waals surface area (Å²) in [4.78, 5) is 31.9. The fourth-order valence-electron chi connectivity index (χ4n) is 5.07. The van der Waals surface area contributed by atoms with E-state index in [1.165, 1.54) is 30.6 Å². The Balaban J connectivity index is 1.23. The van der Waals surface area contributed by atoms with E-state index in [9.17, 15) is 9.59 Å². The molecule has 33 heavy (non-hydrogen) atoms. The Bertz CT molecular complexity index is 1050. The quantitative estimate of drug-likeness (QED) is 0.461. The summed E-state index contributed by atoms with van der Waals surface area (Å²) in [6.07, 6.45) is 8.23. The van der Waals surface area contributed by atoms with Crippen LogP contribution in [0.4, 0.5) is 5.69 Å². The van der Waals surface area contributed by atoms with Gasteiger partial charge >= 0.3 is 0 Å². The second-order valence-electron chi connectivity index (χ2n) is 9.90. The zero-order valence-corrected chi connectivity index (χ0v) is 20.6. The SMILES string of the molecule is Cc1ncc(Cl)cc1NC(C)c1ccc(C(=O)NC(CC2CCC3CC23)C(=O)NC2CC2)s1. The molecule has 3 fully saturated rings. The lowest BCUT2D eigenvalue weighted by Gasteiger charge is -2.22. The molecule has 5 atom stereocenters. The molecule has 3 saturated carbocycles. The van der Waals surface area contributed by atoms with Gasteiger partial charge in [0.05, 0.1) is 27.3 Å². The molecule has 6 nitrogen and oxygen atoms in total. The molecular formula is C25H31ClN4O2S. The maximum absolute atomic E-state index is 13.1. The van der Waals surface area contributed by atoms with Crippen LogP contribution in [0.2, 0.25) is 5.02 Å². The molecule has 0 saturated heterocycles. The number of nitrogens with zero attached hydrogens (tertiary/aromatic N) is 1. The highest BCUT2D eigenvalue weighted by Gasteiger charge is 2.48. The van der Waals surface area contributed by atoms with Gasteiger partial charge in [0.2, 0.25) is 5.91 Å². The average molecular weight is 487 g/mol. The van der Waals surface area contributed by atoms with E-state index < -0.39 is 6.04 Å². The van der Waals surface area contributed by atoms with Gasteiger partial charge in [-0.25, -0.2) is 0 Å². The van der Waals surface area contributed by atoms with Crippen LogP contribution in [0.15, 0.2) is 24.4 Å². The van der Waals surface area contributed by atoms with Gasteiger partial charge in [-0.05, 0) is 88.3 Å². The summed E-state index contributed by atoms with van der Waals surface area (Å²) in [5.74, 6) is 2.00. The largest absolute Gasteiger partial charge is 0.376 e. The molecule has 2 amide bonds. The first-order chi connectivity index (χ1) is 15.9. The van der Waals surface area contributed by atoms with Gasteiger partial charge in [-0.2, -0.15) is 0 Å². The van der Waals surface area contributed by atoms with Crippen molar-refractivity contribution < 1.29 is 9.59 Å². The Morgan fingerprint density at radius 1 is 1.24 bits per heavy atom. The van der Waals surface area contributed by atoms with Gasteiger partial charge in [0.1, 0.15) is 6.04 Å². The molecule has 3 aliphatic rings. The predicted molar refractivity (Wildman–Crippen MR) is 132 cm³/mol. The Kier molecular flexibility index (Phi) is 6.36. The number of pyridine rings is 1. The Morgan fingerprint density at radius 3 is 2.76 bits per heavy atom. The van der Waals surface area contributed by atoms with E-state index in [0.29, 0.717) is 21.9 Å². The zero-order valence-electron chi connectivity index (χ0n) is 19.1. The summed E-state index contributed by atoms with van der Waals surface area (Å²) in [5.41, 5.74) is 1.75. The minimum atomic E-state index is -0.455. The molecule has 2 aromatic heterocycles. The fourth-order valence-corrected chi connectivity index (χ4v) is 6.15. The molecule has 2 heterocycles. The topological polar surface area (TPSA) is 83.1 Å². The highest BCUT2D eigenvalue weighted by Crippen LogP contribution is 2.56. The second-order valence-corrected chi connectivity index (χ2v) is 11.4. The van der Waals surface area contributed by atoms with E-state index in [-0.39, 0.29) is 17.9 Å². The van der Waals surface area contributed by atoms with Crippen LogP contribution in [0.1, 0.15) is 71.7 Å². The second kappa shape index (κ2) is 9.26. The Hall–Kier alpha value is -2.12. The molecule has 0 radical (unpaired) electrons. The van der Waals surface area contributed by atoms with E-state index in [1.54, 1.807) is 6.20 Å². The number of carbonyl (C=O) groups is 2. The number of halogens is 1. The fraction of sp³-hybridized carbons (Fsp3) is 0.560. The highest BCUT2D eigenvalue weighted by molar-refractivity contribution is 7.14. The number of rotatable bonds is 9. The van der Waals surface area contributed by atoms with E-state index >= 15 is 0 Å². The first-order valence-electron chi connectivity index (χ1n) is 12.0. The summed E-state index contributed by atoms with van der Waals surface area (Å²) < 4.78 is 0. The monoisotopic (exact) mass is 486 g/mol. The van der Waals surface area contributed by atoms with Gasteiger partial charge in [0, 0.05) is 17.1 Å². The molecular weight excluding hydrogens is 456 g/mol. The number of nitrogens with one attached hydrogen (secondary N) is 3. The van der Waals surface area contributed by atoms with Crippen molar-refractivity contribution in [3.63, 3.8) is 0 Å². The molecule has 176 valence electrons. The average Bonchev–Trinajstić information content (AvgIpc) is 3.67. The molecule has 5 unspecified atom stereocenters. The molecule has 0 aromatic carbocycles. The number of fused-ring (bicyclic) bond motifs is 1. The van der Waals surface area contributed by atoms with Crippen LogP contribution in [0.5, 0.6) is 0 Å². The van der Waals surface area contributed by atoms with Crippen molar-refractivity contribution >= 4 is 40.4 Å². The summed E-state index contributed by atoms with van der Waals surface area (Å²) in [6, 6.07) is 5.50. The number of amides is 2. The van der Waals surface area contributed by atoms with Crippen molar-refractivity contribution in [2.45, 2.75) is 70.5 Å². The Morgan fingerprint density at radius 2 is 2.06 bits per heavy atom. The van der Waals surface area contributed by atoms with Crippen molar-refractivity contribution in [1.29, 1.82) is 0 Å². The molecule has 2 aromatic rings. The number of hydrogen-bond acceptors (Lipinski definition) is 5. The lowest BCUT2D eigenvalue weighted by molar-refractivity contribution is -0.123. The van der Waals surface area contributed by atoms with E-state index in [1.807, 2.05) is 32.0 Å². The van der Waals surface area contributed by atoms with Crippen LogP contribution < -0.4 is 16.0 Å². The van der Waals surface area contributed by atoms with Crippen LogP contribution in [0, 0.1) is 24.7 Å². The van der Waals surface area contributed by atoms with Crippen molar-refractivity contribution in [3.8, 4) is 0 Å². The van der Waals surface area contributed by atoms with Gasteiger partial charge in [0.25, 0.3) is 5.91 Å². The normalized spacial score (nSPS) is 25.1. The first-order valence-corrected chi connectivity index (χ1v) is 13.2. The van der Waals surface area contributed by atoms with Crippen molar-refractivity contribution in [2.24, 2.45) is 17.8 Å². The van der Waals surface area contributed by atoms with Gasteiger partial charge in [-0.1, -0.05) is 11.6 Å². The highest BCUT2D eigenvalue weighted by atomic mass is 35.5. The van der Waals surface area contributed by atoms with Crippen molar-refractivity contribution in [3.05, 3.63) is 44.9 Å². The van der Waals surface area contributed by atoms with Crippen LogP contribution in [-0.4, -0.2) is 28.9 Å². The van der Waals surface area contributed by atoms with Crippen molar-refractivity contribution in [1.82, 2.24) is 15.6 Å². The minimum Gasteiger partial charge on any atom is -0.376 e. The van der Waals surface area contributed by atoms with Crippen LogP contribution in [-0.2, 0) is 4.79 Å². The predicted octanol–water partition coefficient (Wildman–Crippen LogP) is 5.09. The number of anilines is 1. The standard InChI is InChI=1S/C25H31ClN4O2S/c1-13-20(11-17(26)12-27-13)28-14(2)22-7-8-23(33-22)25(32)30-21(24(31)29-18-5-6-18)10-16-4-3-15-9-19(15)16/h7-8,11-12,14-16,18-19,21,28H,3-6,9-10H2,1-2H3,(H,29,31)(H,30,32). The number of carbonyl (C=O) groups excluding carboxylic acids is 2. The lowest BCUT2D eigenvalue weighted by atomic mass is 9.94. The summed E-state index contributed by atoms with van der Waals surface area (Å²) in [7, 11) is 0. The third-order valence-corrected chi connectivity index (χ3v) is 8.75. The first kappa shape index (κ1) is 22.7. The van der Waals surface area contributed by atoms with Crippen LogP contribution in [0.3, 0.4) is 0 Å². The number of thiophene rings is 1. The van der Waals surface area contributed by atoms with E-state index in [2.05, 4.69) is 20.9 Å². The molecule has 3 N–H and O–H groups in total. The van der Waals surface area contributed by atoms with Crippen molar-refractivity contribution in [2.75, 3.05) is 5.32 Å². The van der Waals surface area contributed by atoms with Gasteiger partial charge in [0.15, 0.2) is 0 Å². The summed E-state index contributed by atoms with van der Waals surface area (Å²) in [5, 5.41) is 10.2. The lowest BCUT2D eigenvalue weighted by Crippen LogP contribution is -2.48. The minimum absolute atomic E-state index is 0.00484. The third-order valence-electron chi connectivity index (χ3n) is 7.28. The summed E-state index contributed by atoms with van der Waals surface area (Å²) in [6.45, 7) is 3.98. The molecule has 8 heteroatoms. The van der Waals surface area contributed by atoms with Crippen LogP contribution in [0.25, 0.3) is 0 Å². The third kappa shape index (κ3) is 5.35.